The molecule has 2 aliphatic heterocycles. The van der Waals surface area contributed by atoms with Gasteiger partial charge >= 0.3 is 0 Å². The summed E-state index contributed by atoms with van der Waals surface area (Å²) in [5, 5.41) is 10.0. The van der Waals surface area contributed by atoms with Gasteiger partial charge in [0.25, 0.3) is 0 Å². The van der Waals surface area contributed by atoms with Gasteiger partial charge in [-0.15, -0.1) is 11.3 Å². The van der Waals surface area contributed by atoms with Gasteiger partial charge in [-0.3, -0.25) is 0 Å². The van der Waals surface area contributed by atoms with Gasteiger partial charge in [0.05, 0.1) is 17.0 Å². The Balaban J connectivity index is 1.54. The molecule has 4 atom stereocenters. The third kappa shape index (κ3) is 4.68. The van der Waals surface area contributed by atoms with E-state index in [1.165, 1.54) is 43.5 Å². The molecule has 0 saturated carbocycles. The summed E-state index contributed by atoms with van der Waals surface area (Å²) in [5.41, 5.74) is 0. The largest absolute Gasteiger partial charge is 0.362 e. The van der Waals surface area contributed by atoms with Gasteiger partial charge in [0, 0.05) is 25.4 Å². The lowest BCUT2D eigenvalue weighted by Crippen LogP contribution is -3.20. The quantitative estimate of drug-likeness (QED) is 0.711. The predicted molar refractivity (Wildman–Crippen MR) is 102 cm³/mol. The first-order valence-corrected chi connectivity index (χ1v) is 10.3. The van der Waals surface area contributed by atoms with E-state index in [1.54, 1.807) is 0 Å². The topological polar surface area (TPSA) is 28.5 Å². The molecule has 3 heterocycles. The second kappa shape index (κ2) is 7.95. The Kier molecular flexibility index (Phi) is 5.94. The van der Waals surface area contributed by atoms with E-state index in [9.17, 15) is 0 Å². The van der Waals surface area contributed by atoms with Crippen LogP contribution in [0.1, 0.15) is 50.8 Å². The molecule has 3 rings (SSSR count). The molecule has 0 spiro atoms. The Morgan fingerprint density at radius 1 is 1.35 bits per heavy atom. The molecule has 5 heteroatoms. The van der Waals surface area contributed by atoms with Crippen LogP contribution in [-0.4, -0.2) is 29.8 Å². The normalized spacial score (nSPS) is 30.2. The first-order valence-electron chi connectivity index (χ1n) is 9.04. The van der Waals surface area contributed by atoms with E-state index >= 15 is 0 Å². The van der Waals surface area contributed by atoms with Crippen molar-refractivity contribution in [3.8, 4) is 0 Å². The second-order valence-corrected chi connectivity index (χ2v) is 9.01. The molecule has 3 N–H and O–H groups in total. The Labute approximate surface area is 149 Å². The molecule has 0 aliphatic carbocycles. The van der Waals surface area contributed by atoms with Gasteiger partial charge in [-0.05, 0) is 48.8 Å². The Hall–Kier alpha value is -0.650. The fourth-order valence-electron chi connectivity index (χ4n) is 4.19. The summed E-state index contributed by atoms with van der Waals surface area (Å²) >= 11 is 7.39. The molecule has 2 aliphatic rings. The summed E-state index contributed by atoms with van der Waals surface area (Å²) in [4.78, 5) is 3.37. The van der Waals surface area contributed by atoms with Gasteiger partial charge in [-0.2, -0.15) is 0 Å². The third-order valence-corrected chi connectivity index (χ3v) is 6.40. The fraction of sp³-hybridized carbons (Fsp3) is 0.722. The molecule has 0 aromatic carbocycles. The lowest BCUT2D eigenvalue weighted by atomic mass is 9.81. The summed E-state index contributed by atoms with van der Waals surface area (Å²) in [6, 6.07) is 6.64. The van der Waals surface area contributed by atoms with E-state index in [2.05, 4.69) is 42.0 Å². The second-order valence-electron chi connectivity index (χ2n) is 7.57. The fourth-order valence-corrected chi connectivity index (χ4v) is 5.18. The summed E-state index contributed by atoms with van der Waals surface area (Å²) < 4.78 is 0. The van der Waals surface area contributed by atoms with Crippen molar-refractivity contribution in [3.63, 3.8) is 0 Å². The van der Waals surface area contributed by atoms with Gasteiger partial charge in [0.2, 0.25) is 0 Å². The van der Waals surface area contributed by atoms with Crippen molar-refractivity contribution in [2.45, 2.75) is 70.6 Å². The zero-order valence-electron chi connectivity index (χ0n) is 14.3. The third-order valence-electron chi connectivity index (χ3n) is 5.26. The van der Waals surface area contributed by atoms with Crippen LogP contribution < -0.4 is 15.5 Å². The van der Waals surface area contributed by atoms with Crippen LogP contribution in [0.2, 0.25) is 0 Å². The van der Waals surface area contributed by atoms with Crippen LogP contribution in [0.5, 0.6) is 0 Å². The van der Waals surface area contributed by atoms with Gasteiger partial charge < -0.3 is 15.5 Å². The standard InChI is InChI=1S/C18H29N3S2/c1-13(2)11-19-18(22)20-14-9-15-5-3-6-16(10-14)21(15)12-17-7-4-8-23-17/h4,7-8,13-16H,3,5-6,9-12H2,1-2H3,(H2,19,20,22)/p+1/t14?,15-,16+. The van der Waals surface area contributed by atoms with E-state index < -0.39 is 0 Å². The molecule has 2 fully saturated rings. The molecule has 3 nitrogen and oxygen atoms in total. The molecule has 2 saturated heterocycles. The van der Waals surface area contributed by atoms with E-state index in [0.29, 0.717) is 12.0 Å². The number of fused-ring (bicyclic) bond motifs is 2. The van der Waals surface area contributed by atoms with E-state index in [4.69, 9.17) is 12.2 Å². The predicted octanol–water partition coefficient (Wildman–Crippen LogP) is 2.34. The molecular formula is C18H30N3S2+. The van der Waals surface area contributed by atoms with E-state index in [1.807, 2.05) is 16.2 Å². The number of hydrogen-bond donors (Lipinski definition) is 3. The molecule has 1 aromatic rings. The van der Waals surface area contributed by atoms with Gasteiger partial charge in [0.15, 0.2) is 5.11 Å². The number of piperidine rings is 2. The van der Waals surface area contributed by atoms with E-state index in [0.717, 1.165) is 23.7 Å². The minimum atomic E-state index is 0.560. The highest BCUT2D eigenvalue weighted by atomic mass is 32.1. The number of thiocarbonyl (C=S) groups is 1. The molecule has 0 amide bonds. The summed E-state index contributed by atoms with van der Waals surface area (Å²) in [6.07, 6.45) is 6.69. The van der Waals surface area contributed by atoms with Crippen molar-refractivity contribution in [3.05, 3.63) is 22.4 Å². The van der Waals surface area contributed by atoms with Gasteiger partial charge in [0.1, 0.15) is 6.54 Å². The molecule has 23 heavy (non-hydrogen) atoms. The molecule has 1 aromatic heterocycles. The summed E-state index contributed by atoms with van der Waals surface area (Å²) in [5.74, 6) is 0.631. The van der Waals surface area contributed by atoms with Crippen molar-refractivity contribution >= 4 is 28.7 Å². The summed E-state index contributed by atoms with van der Waals surface area (Å²) in [7, 11) is 0. The minimum Gasteiger partial charge on any atom is -0.362 e. The molecule has 2 unspecified atom stereocenters. The van der Waals surface area contributed by atoms with Crippen molar-refractivity contribution in [1.29, 1.82) is 0 Å². The lowest BCUT2D eigenvalue weighted by Gasteiger charge is -2.46. The zero-order chi connectivity index (χ0) is 16.2. The monoisotopic (exact) mass is 352 g/mol. The SMILES string of the molecule is CC(C)CNC(=S)NC1C[C@H]2CCC[C@@H](C1)[NH+]2Cc1cccs1. The maximum absolute atomic E-state index is 5.48. The maximum atomic E-state index is 5.48. The first kappa shape index (κ1) is 17.2. The zero-order valence-corrected chi connectivity index (χ0v) is 15.9. The number of nitrogens with one attached hydrogen (secondary N) is 3. The van der Waals surface area contributed by atoms with Gasteiger partial charge in [-0.1, -0.05) is 19.9 Å². The van der Waals surface area contributed by atoms with Crippen LogP contribution in [-0.2, 0) is 6.54 Å². The van der Waals surface area contributed by atoms with Crippen molar-refractivity contribution in [2.24, 2.45) is 5.92 Å². The lowest BCUT2D eigenvalue weighted by molar-refractivity contribution is -0.973. The van der Waals surface area contributed by atoms with Crippen molar-refractivity contribution in [2.75, 3.05) is 6.54 Å². The first-order chi connectivity index (χ1) is 11.1. The highest BCUT2D eigenvalue weighted by molar-refractivity contribution is 7.80. The summed E-state index contributed by atoms with van der Waals surface area (Å²) in [6.45, 7) is 6.61. The average Bonchev–Trinajstić information content (AvgIpc) is 2.99. The minimum absolute atomic E-state index is 0.560. The van der Waals surface area contributed by atoms with Gasteiger partial charge in [-0.25, -0.2) is 0 Å². The van der Waals surface area contributed by atoms with Crippen molar-refractivity contribution < 1.29 is 4.90 Å². The number of hydrogen-bond acceptors (Lipinski definition) is 2. The highest BCUT2D eigenvalue weighted by Gasteiger charge is 2.41. The molecular weight excluding hydrogens is 322 g/mol. The Bertz CT molecular complexity index is 486. The number of rotatable bonds is 5. The van der Waals surface area contributed by atoms with Crippen LogP contribution in [0.3, 0.4) is 0 Å². The Morgan fingerprint density at radius 3 is 2.70 bits per heavy atom. The molecule has 2 bridgehead atoms. The highest BCUT2D eigenvalue weighted by Crippen LogP contribution is 2.23. The maximum Gasteiger partial charge on any atom is 0.166 e. The molecule has 128 valence electrons. The van der Waals surface area contributed by atoms with Crippen LogP contribution in [0, 0.1) is 5.92 Å². The average molecular weight is 353 g/mol. The van der Waals surface area contributed by atoms with Crippen LogP contribution in [0.4, 0.5) is 0 Å². The van der Waals surface area contributed by atoms with Crippen LogP contribution in [0.25, 0.3) is 0 Å². The van der Waals surface area contributed by atoms with E-state index in [-0.39, 0.29) is 0 Å². The van der Waals surface area contributed by atoms with Crippen LogP contribution >= 0.6 is 23.6 Å². The van der Waals surface area contributed by atoms with Crippen LogP contribution in [0.15, 0.2) is 17.5 Å². The number of thiophene rings is 1. The molecule has 0 radical (unpaired) electrons. The smallest absolute Gasteiger partial charge is 0.166 e. The van der Waals surface area contributed by atoms with Crippen molar-refractivity contribution in [1.82, 2.24) is 10.6 Å². The number of quaternary nitrogens is 1. The Morgan fingerprint density at radius 2 is 2.09 bits per heavy atom.